The summed E-state index contributed by atoms with van der Waals surface area (Å²) < 4.78 is 0. The molecule has 1 aromatic carbocycles. The summed E-state index contributed by atoms with van der Waals surface area (Å²) in [7, 11) is 0. The molecule has 0 aromatic heterocycles. The van der Waals surface area contributed by atoms with Crippen molar-refractivity contribution in [3.8, 4) is 0 Å². The van der Waals surface area contributed by atoms with E-state index >= 15 is 0 Å². The van der Waals surface area contributed by atoms with Gasteiger partial charge in [0.15, 0.2) is 0 Å². The van der Waals surface area contributed by atoms with Crippen LogP contribution in [0.25, 0.3) is 0 Å². The number of nitrogen functional groups attached to an aromatic ring is 1. The van der Waals surface area contributed by atoms with Gasteiger partial charge >= 0.3 is 0 Å². The summed E-state index contributed by atoms with van der Waals surface area (Å²) in [5, 5.41) is 12.3. The third-order valence-corrected chi connectivity index (χ3v) is 3.79. The minimum atomic E-state index is -0.112. The highest BCUT2D eigenvalue weighted by Crippen LogP contribution is 2.23. The van der Waals surface area contributed by atoms with E-state index in [0.29, 0.717) is 28.6 Å². The van der Waals surface area contributed by atoms with Crippen molar-refractivity contribution >= 4 is 40.6 Å². The van der Waals surface area contributed by atoms with E-state index in [1.54, 1.807) is 18.2 Å². The lowest BCUT2D eigenvalue weighted by Crippen LogP contribution is -2.17. The first-order valence-electron chi connectivity index (χ1n) is 5.60. The van der Waals surface area contributed by atoms with Gasteiger partial charge in [0.25, 0.3) is 0 Å². The second kappa shape index (κ2) is 7.51. The first-order valence-corrected chi connectivity index (χ1v) is 7.03. The number of aliphatic hydroxyl groups excluding tert-OH is 1. The number of anilines is 2. The maximum atomic E-state index is 11.7. The number of carbonyl (C=O) groups is 1. The van der Waals surface area contributed by atoms with Gasteiger partial charge < -0.3 is 16.2 Å². The Kier molecular flexibility index (Phi) is 6.32. The molecule has 1 unspecified atom stereocenters. The summed E-state index contributed by atoms with van der Waals surface area (Å²) >= 11 is 7.27. The summed E-state index contributed by atoms with van der Waals surface area (Å²) in [5.41, 5.74) is 6.75. The van der Waals surface area contributed by atoms with Crippen LogP contribution in [0.5, 0.6) is 0 Å². The monoisotopic (exact) mass is 288 g/mol. The molecule has 0 fully saturated rings. The van der Waals surface area contributed by atoms with Crippen molar-refractivity contribution < 1.29 is 9.90 Å². The van der Waals surface area contributed by atoms with E-state index in [9.17, 15) is 4.79 Å². The first-order chi connectivity index (χ1) is 8.52. The minimum absolute atomic E-state index is 0.112. The zero-order valence-electron chi connectivity index (χ0n) is 10.1. The number of nitrogens with two attached hydrogens (primary N) is 1. The van der Waals surface area contributed by atoms with Gasteiger partial charge in [-0.15, -0.1) is 11.8 Å². The average Bonchev–Trinajstić information content (AvgIpc) is 2.31. The number of hydrogen-bond donors (Lipinski definition) is 3. The summed E-state index contributed by atoms with van der Waals surface area (Å²) in [6, 6.07) is 4.95. The molecule has 1 atom stereocenters. The Morgan fingerprint density at radius 1 is 1.61 bits per heavy atom. The molecule has 0 heterocycles. The number of hydrogen-bond acceptors (Lipinski definition) is 4. The van der Waals surface area contributed by atoms with E-state index in [-0.39, 0.29) is 17.8 Å². The minimum Gasteiger partial charge on any atom is -0.397 e. The standard InChI is InChI=1S/C12H17ClN2O2S/c1-8(4-5-16)18-7-12(17)15-11-3-2-9(13)6-10(11)14/h2-3,6,8,16H,4-5,7,14H2,1H3,(H,15,17). The summed E-state index contributed by atoms with van der Waals surface area (Å²) in [6.45, 7) is 2.12. The lowest BCUT2D eigenvalue weighted by molar-refractivity contribution is -0.113. The van der Waals surface area contributed by atoms with Crippen molar-refractivity contribution in [3.05, 3.63) is 23.2 Å². The molecular formula is C12H17ClN2O2S. The van der Waals surface area contributed by atoms with Crippen LogP contribution >= 0.6 is 23.4 Å². The number of thioether (sulfide) groups is 1. The van der Waals surface area contributed by atoms with Crippen LogP contribution in [0.1, 0.15) is 13.3 Å². The molecule has 0 saturated heterocycles. The summed E-state index contributed by atoms with van der Waals surface area (Å²) in [6.07, 6.45) is 0.682. The topological polar surface area (TPSA) is 75.3 Å². The third-order valence-electron chi connectivity index (χ3n) is 2.32. The smallest absolute Gasteiger partial charge is 0.234 e. The lowest BCUT2D eigenvalue weighted by Gasteiger charge is -2.11. The zero-order valence-corrected chi connectivity index (χ0v) is 11.7. The molecule has 0 spiro atoms. The Morgan fingerprint density at radius 2 is 2.33 bits per heavy atom. The lowest BCUT2D eigenvalue weighted by atomic mass is 10.2. The van der Waals surface area contributed by atoms with Crippen molar-refractivity contribution in [2.24, 2.45) is 0 Å². The van der Waals surface area contributed by atoms with E-state index in [1.807, 2.05) is 6.92 Å². The molecule has 18 heavy (non-hydrogen) atoms. The highest BCUT2D eigenvalue weighted by Gasteiger charge is 2.08. The van der Waals surface area contributed by atoms with E-state index < -0.39 is 0 Å². The molecule has 0 aliphatic rings. The van der Waals surface area contributed by atoms with Crippen molar-refractivity contribution in [1.82, 2.24) is 0 Å². The van der Waals surface area contributed by atoms with Crippen LogP contribution in [0, 0.1) is 0 Å². The average molecular weight is 289 g/mol. The molecule has 6 heteroatoms. The van der Waals surface area contributed by atoms with Crippen LogP contribution in [0.4, 0.5) is 11.4 Å². The number of amides is 1. The maximum Gasteiger partial charge on any atom is 0.234 e. The van der Waals surface area contributed by atoms with Gasteiger partial charge in [-0.3, -0.25) is 4.79 Å². The van der Waals surface area contributed by atoms with Crippen LogP contribution in [0.15, 0.2) is 18.2 Å². The number of benzene rings is 1. The molecule has 1 amide bonds. The largest absolute Gasteiger partial charge is 0.397 e. The fraction of sp³-hybridized carbons (Fsp3) is 0.417. The maximum absolute atomic E-state index is 11.7. The molecule has 0 radical (unpaired) electrons. The third kappa shape index (κ3) is 5.16. The predicted octanol–water partition coefficient (Wildman–Crippen LogP) is 2.36. The molecule has 0 aliphatic heterocycles. The van der Waals surface area contributed by atoms with E-state index in [1.165, 1.54) is 11.8 Å². The molecule has 0 bridgehead atoms. The molecule has 4 nitrogen and oxygen atoms in total. The normalized spacial score (nSPS) is 12.2. The van der Waals surface area contributed by atoms with Gasteiger partial charge in [0.05, 0.1) is 17.1 Å². The van der Waals surface area contributed by atoms with Gasteiger partial charge in [0.2, 0.25) is 5.91 Å². The molecule has 0 aliphatic carbocycles. The van der Waals surface area contributed by atoms with Crippen molar-refractivity contribution in [3.63, 3.8) is 0 Å². The Bertz CT molecular complexity index is 415. The highest BCUT2D eigenvalue weighted by molar-refractivity contribution is 8.00. The molecular weight excluding hydrogens is 272 g/mol. The number of carbonyl (C=O) groups excluding carboxylic acids is 1. The predicted molar refractivity (Wildman–Crippen MR) is 78.1 cm³/mol. The highest BCUT2D eigenvalue weighted by atomic mass is 35.5. The van der Waals surface area contributed by atoms with Crippen LogP contribution in [-0.4, -0.2) is 28.6 Å². The van der Waals surface area contributed by atoms with Gasteiger partial charge in [0, 0.05) is 16.9 Å². The van der Waals surface area contributed by atoms with Gasteiger partial charge in [-0.05, 0) is 24.6 Å². The number of nitrogens with one attached hydrogen (secondary N) is 1. The van der Waals surface area contributed by atoms with Gasteiger partial charge in [-0.2, -0.15) is 0 Å². The fourth-order valence-electron chi connectivity index (χ4n) is 1.32. The second-order valence-corrected chi connectivity index (χ2v) is 5.78. The van der Waals surface area contributed by atoms with Crippen molar-refractivity contribution in [2.75, 3.05) is 23.4 Å². The number of rotatable bonds is 6. The Labute approximate surface area is 116 Å². The summed E-state index contributed by atoms with van der Waals surface area (Å²) in [4.78, 5) is 11.7. The quantitative estimate of drug-likeness (QED) is 0.703. The van der Waals surface area contributed by atoms with Crippen molar-refractivity contribution in [1.29, 1.82) is 0 Å². The Hall–Kier alpha value is -0.910. The summed E-state index contributed by atoms with van der Waals surface area (Å²) in [5.74, 6) is 0.224. The zero-order chi connectivity index (χ0) is 13.5. The van der Waals surface area contributed by atoms with E-state index in [4.69, 9.17) is 22.4 Å². The van der Waals surface area contributed by atoms with Gasteiger partial charge in [0.1, 0.15) is 0 Å². The fourth-order valence-corrected chi connectivity index (χ4v) is 2.28. The van der Waals surface area contributed by atoms with Crippen LogP contribution in [0.3, 0.4) is 0 Å². The van der Waals surface area contributed by atoms with Gasteiger partial charge in [-0.25, -0.2) is 0 Å². The van der Waals surface area contributed by atoms with Gasteiger partial charge in [-0.1, -0.05) is 18.5 Å². The number of aliphatic hydroxyl groups is 1. The Balaban J connectivity index is 2.44. The van der Waals surface area contributed by atoms with Crippen LogP contribution in [0.2, 0.25) is 5.02 Å². The molecule has 100 valence electrons. The van der Waals surface area contributed by atoms with Crippen molar-refractivity contribution in [2.45, 2.75) is 18.6 Å². The number of halogens is 1. The molecule has 1 rings (SSSR count). The van der Waals surface area contributed by atoms with E-state index in [2.05, 4.69) is 5.32 Å². The molecule has 0 saturated carbocycles. The Morgan fingerprint density at radius 3 is 2.94 bits per heavy atom. The van der Waals surface area contributed by atoms with Crippen LogP contribution in [-0.2, 0) is 4.79 Å². The molecule has 4 N–H and O–H groups in total. The molecule has 1 aromatic rings. The van der Waals surface area contributed by atoms with Crippen LogP contribution < -0.4 is 11.1 Å². The second-order valence-electron chi connectivity index (χ2n) is 3.91. The SMILES string of the molecule is CC(CCO)SCC(=O)Nc1ccc(Cl)cc1N. The van der Waals surface area contributed by atoms with E-state index in [0.717, 1.165) is 0 Å². The first kappa shape index (κ1) is 15.1.